The molecule has 0 saturated carbocycles. The number of benzene rings is 3. The number of rotatable bonds is 11. The third kappa shape index (κ3) is 6.84. The Balaban J connectivity index is 0.924. The molecule has 0 aliphatic carbocycles. The van der Waals surface area contributed by atoms with Crippen LogP contribution in [0.2, 0.25) is 0 Å². The summed E-state index contributed by atoms with van der Waals surface area (Å²) in [7, 11) is 0. The second-order valence-electron chi connectivity index (χ2n) is 12.6. The standard InChI is InChI=1S/C35H39F2N9O4/c1-24(38)25(2)46-34(47)45(23-41-46)29-6-4-27(5-7-29)42-13-15-43(16-14-42)28-8-10-30(11-9-28)48-18-31-19-49-35(50-31,20-44-22-39-21-40-44)32-12-3-26(36)17-33(32)37/h3-12,17,21-25,31H,13-16,18-20,38H2,1-2H3. The maximum absolute atomic E-state index is 14.9. The highest BCUT2D eigenvalue weighted by molar-refractivity contribution is 5.54. The van der Waals surface area contributed by atoms with E-state index in [9.17, 15) is 13.6 Å². The van der Waals surface area contributed by atoms with Gasteiger partial charge in [0.2, 0.25) is 5.79 Å². The van der Waals surface area contributed by atoms with E-state index in [2.05, 4.69) is 25.0 Å². The van der Waals surface area contributed by atoms with Crippen molar-refractivity contribution in [2.45, 2.75) is 44.4 Å². The van der Waals surface area contributed by atoms with E-state index < -0.39 is 23.5 Å². The summed E-state index contributed by atoms with van der Waals surface area (Å²) >= 11 is 0. The van der Waals surface area contributed by atoms with E-state index in [4.69, 9.17) is 19.9 Å². The number of hydrogen-bond acceptors (Lipinski definition) is 10. The number of anilines is 2. The molecule has 4 unspecified atom stereocenters. The van der Waals surface area contributed by atoms with E-state index in [1.165, 1.54) is 45.0 Å². The van der Waals surface area contributed by atoms with E-state index in [1.807, 2.05) is 62.4 Å². The minimum atomic E-state index is -1.51. The SMILES string of the molecule is CC(N)C(C)n1ncn(-c2ccc(N3CCN(c4ccc(OCC5COC(Cn6cncn6)(c6ccc(F)cc6F)O5)cc4)CC3)cc2)c1=O. The molecule has 13 nitrogen and oxygen atoms in total. The third-order valence-corrected chi connectivity index (χ3v) is 9.29. The predicted octanol–water partition coefficient (Wildman–Crippen LogP) is 3.49. The van der Waals surface area contributed by atoms with Crippen LogP contribution >= 0.6 is 0 Å². The normalized spacial score (nSPS) is 20.6. The molecule has 5 aromatic rings. The Bertz CT molecular complexity index is 1940. The van der Waals surface area contributed by atoms with E-state index >= 15 is 0 Å². The van der Waals surface area contributed by atoms with Gasteiger partial charge in [0.05, 0.1) is 18.3 Å². The molecule has 0 spiro atoms. The maximum Gasteiger partial charge on any atom is 0.350 e. The zero-order valence-electron chi connectivity index (χ0n) is 27.8. The van der Waals surface area contributed by atoms with Crippen LogP contribution in [0.3, 0.4) is 0 Å². The lowest BCUT2D eigenvalue weighted by Crippen LogP contribution is -2.46. The lowest BCUT2D eigenvalue weighted by molar-refractivity contribution is -0.192. The van der Waals surface area contributed by atoms with Gasteiger partial charge in [-0.2, -0.15) is 10.2 Å². The molecule has 3 aromatic carbocycles. The fourth-order valence-corrected chi connectivity index (χ4v) is 6.27. The lowest BCUT2D eigenvalue weighted by Gasteiger charge is -2.37. The topological polar surface area (TPSA) is 131 Å². The number of nitrogens with two attached hydrogens (primary N) is 1. The highest BCUT2D eigenvalue weighted by Crippen LogP contribution is 2.38. The van der Waals surface area contributed by atoms with Crippen LogP contribution in [0, 0.1) is 11.6 Å². The number of piperazine rings is 1. The molecule has 262 valence electrons. The van der Waals surface area contributed by atoms with Crippen LogP contribution in [0.15, 0.2) is 90.5 Å². The summed E-state index contributed by atoms with van der Waals surface area (Å²) in [6.45, 7) is 7.44. The smallest absolute Gasteiger partial charge is 0.350 e. The molecular weight excluding hydrogens is 648 g/mol. The van der Waals surface area contributed by atoms with E-state index in [0.29, 0.717) is 5.75 Å². The molecule has 2 N–H and O–H groups in total. The first-order chi connectivity index (χ1) is 24.2. The predicted molar refractivity (Wildman–Crippen MR) is 181 cm³/mol. The zero-order chi connectivity index (χ0) is 34.8. The summed E-state index contributed by atoms with van der Waals surface area (Å²) in [6.07, 6.45) is 3.87. The average Bonchev–Trinajstić information content (AvgIpc) is 3.88. The molecule has 0 amide bonds. The van der Waals surface area contributed by atoms with Crippen LogP contribution in [0.1, 0.15) is 25.5 Å². The van der Waals surface area contributed by atoms with Crippen LogP contribution < -0.4 is 26.0 Å². The summed E-state index contributed by atoms with van der Waals surface area (Å²) in [5, 5.41) is 8.36. The van der Waals surface area contributed by atoms with Crippen LogP contribution in [0.4, 0.5) is 20.2 Å². The number of hydrogen-bond donors (Lipinski definition) is 1. The van der Waals surface area contributed by atoms with Crippen molar-refractivity contribution in [3.05, 3.63) is 113 Å². The van der Waals surface area contributed by atoms with Crippen LogP contribution in [0.5, 0.6) is 5.75 Å². The zero-order valence-corrected chi connectivity index (χ0v) is 27.8. The monoisotopic (exact) mass is 687 g/mol. The van der Waals surface area contributed by atoms with Gasteiger partial charge in [-0.15, -0.1) is 0 Å². The molecule has 2 aromatic heterocycles. The first-order valence-corrected chi connectivity index (χ1v) is 16.5. The Labute approximate surface area is 287 Å². The van der Waals surface area contributed by atoms with Crippen LogP contribution in [0.25, 0.3) is 5.69 Å². The van der Waals surface area contributed by atoms with Gasteiger partial charge in [0.1, 0.15) is 55.6 Å². The van der Waals surface area contributed by atoms with Crippen molar-refractivity contribution in [3.63, 3.8) is 0 Å². The Morgan fingerprint density at radius 1 is 0.920 bits per heavy atom. The third-order valence-electron chi connectivity index (χ3n) is 9.29. The van der Waals surface area contributed by atoms with Gasteiger partial charge in [0.15, 0.2) is 0 Å². The largest absolute Gasteiger partial charge is 0.491 e. The molecule has 7 rings (SSSR count). The van der Waals surface area contributed by atoms with Crippen LogP contribution in [-0.4, -0.2) is 80.7 Å². The number of ether oxygens (including phenoxy) is 3. The van der Waals surface area contributed by atoms with Crippen LogP contribution in [-0.2, 0) is 21.8 Å². The fraction of sp³-hybridized carbons (Fsp3) is 0.371. The molecule has 0 radical (unpaired) electrons. The van der Waals surface area contributed by atoms with Gasteiger partial charge in [-0.1, -0.05) is 0 Å². The Morgan fingerprint density at radius 2 is 1.58 bits per heavy atom. The van der Waals surface area contributed by atoms with Gasteiger partial charge in [0.25, 0.3) is 0 Å². The summed E-state index contributed by atoms with van der Waals surface area (Å²) in [5.41, 5.74) is 8.76. The Morgan fingerprint density at radius 3 is 2.20 bits per heavy atom. The Kier molecular flexibility index (Phi) is 9.35. The first kappa shape index (κ1) is 33.4. The number of aromatic nitrogens is 6. The molecule has 0 bridgehead atoms. The number of halogens is 2. The summed E-state index contributed by atoms with van der Waals surface area (Å²) < 4.78 is 51.3. The van der Waals surface area contributed by atoms with Crippen molar-refractivity contribution < 1.29 is 23.0 Å². The highest BCUT2D eigenvalue weighted by Gasteiger charge is 2.46. The molecule has 4 heterocycles. The van der Waals surface area contributed by atoms with Gasteiger partial charge in [-0.3, -0.25) is 0 Å². The highest BCUT2D eigenvalue weighted by atomic mass is 19.1. The van der Waals surface area contributed by atoms with Crippen molar-refractivity contribution in [2.24, 2.45) is 5.73 Å². The lowest BCUT2D eigenvalue weighted by atomic mass is 10.0. The molecule has 50 heavy (non-hydrogen) atoms. The van der Waals surface area contributed by atoms with Crippen molar-refractivity contribution in [2.75, 3.05) is 49.2 Å². The molecule has 4 atom stereocenters. The van der Waals surface area contributed by atoms with Gasteiger partial charge >= 0.3 is 5.69 Å². The van der Waals surface area contributed by atoms with Crippen molar-refractivity contribution >= 4 is 11.4 Å². The van der Waals surface area contributed by atoms with Crippen molar-refractivity contribution in [3.8, 4) is 11.4 Å². The van der Waals surface area contributed by atoms with Gasteiger partial charge in [-0.25, -0.2) is 32.5 Å². The minimum Gasteiger partial charge on any atom is -0.491 e. The Hall–Kier alpha value is -5.12. The quantitative estimate of drug-likeness (QED) is 0.220. The van der Waals surface area contributed by atoms with Gasteiger partial charge < -0.3 is 29.7 Å². The minimum absolute atomic E-state index is 0.0293. The molecule has 2 saturated heterocycles. The maximum atomic E-state index is 14.9. The van der Waals surface area contributed by atoms with Gasteiger partial charge in [0, 0.05) is 55.2 Å². The van der Waals surface area contributed by atoms with E-state index in [-0.39, 0.29) is 43.1 Å². The molecule has 15 heteroatoms. The number of nitrogens with zero attached hydrogens (tertiary/aromatic N) is 8. The van der Waals surface area contributed by atoms with Crippen molar-refractivity contribution in [1.29, 1.82) is 0 Å². The van der Waals surface area contributed by atoms with Crippen molar-refractivity contribution in [1.82, 2.24) is 29.1 Å². The van der Waals surface area contributed by atoms with E-state index in [0.717, 1.165) is 49.3 Å². The molecule has 2 fully saturated rings. The summed E-state index contributed by atoms with van der Waals surface area (Å²) in [4.78, 5) is 21.5. The second kappa shape index (κ2) is 14.0. The summed E-state index contributed by atoms with van der Waals surface area (Å²) in [5.74, 6) is -2.31. The summed E-state index contributed by atoms with van der Waals surface area (Å²) in [6, 6.07) is 18.7. The second-order valence-corrected chi connectivity index (χ2v) is 12.6. The average molecular weight is 688 g/mol. The molecule has 2 aliphatic heterocycles. The molecular formula is C35H39F2N9O4. The van der Waals surface area contributed by atoms with E-state index in [1.54, 1.807) is 0 Å². The fourth-order valence-electron chi connectivity index (χ4n) is 6.27. The molecule has 2 aliphatic rings. The first-order valence-electron chi connectivity index (χ1n) is 16.5. The van der Waals surface area contributed by atoms with Gasteiger partial charge in [-0.05, 0) is 74.5 Å².